The molecule has 0 amide bonds. The first-order chi connectivity index (χ1) is 12.7. The van der Waals surface area contributed by atoms with E-state index in [-0.39, 0.29) is 5.78 Å². The van der Waals surface area contributed by atoms with Gasteiger partial charge in [0.15, 0.2) is 11.5 Å². The lowest BCUT2D eigenvalue weighted by Crippen LogP contribution is -1.94. The predicted octanol–water partition coefficient (Wildman–Crippen LogP) is 5.98. The molecule has 0 spiro atoms. The molecule has 0 radical (unpaired) electrons. The number of aromatic nitrogens is 1. The van der Waals surface area contributed by atoms with Gasteiger partial charge < -0.3 is 4.42 Å². The average molecular weight is 402 g/mol. The number of ketones is 1. The number of hydrogen-bond donors (Lipinski definition) is 0. The maximum absolute atomic E-state index is 12.7. The Kier molecular flexibility index (Phi) is 3.40. The van der Waals surface area contributed by atoms with E-state index in [2.05, 4.69) is 20.9 Å². The molecule has 0 N–H and O–H groups in total. The highest BCUT2D eigenvalue weighted by atomic mass is 79.9. The van der Waals surface area contributed by atoms with Crippen molar-refractivity contribution in [2.45, 2.75) is 0 Å². The van der Waals surface area contributed by atoms with Crippen LogP contribution in [0.25, 0.3) is 33.9 Å². The first-order valence-corrected chi connectivity index (χ1v) is 9.01. The molecule has 1 heterocycles. The molecule has 0 bridgehead atoms. The number of halogens is 1. The fourth-order valence-electron chi connectivity index (χ4n) is 3.40. The number of hydrogen-bond acceptors (Lipinski definition) is 3. The minimum Gasteiger partial charge on any atom is -0.436 e. The molecular formula is C22H12BrNO2. The minimum atomic E-state index is 0.0529. The highest BCUT2D eigenvalue weighted by Gasteiger charge is 2.29. The molecule has 0 saturated carbocycles. The van der Waals surface area contributed by atoms with Crippen LogP contribution in [0.4, 0.5) is 0 Å². The van der Waals surface area contributed by atoms with Crippen molar-refractivity contribution >= 4 is 21.7 Å². The second-order valence-electron chi connectivity index (χ2n) is 6.14. The molecule has 1 aromatic heterocycles. The molecule has 0 fully saturated rings. The number of benzene rings is 3. The Morgan fingerprint density at radius 3 is 2.27 bits per heavy atom. The van der Waals surface area contributed by atoms with Crippen LogP contribution in [0.1, 0.15) is 15.9 Å². The van der Waals surface area contributed by atoms with Gasteiger partial charge in [-0.05, 0) is 23.8 Å². The van der Waals surface area contributed by atoms with Gasteiger partial charge in [0.05, 0.1) is 6.20 Å². The van der Waals surface area contributed by atoms with Crippen LogP contribution < -0.4 is 0 Å². The molecule has 26 heavy (non-hydrogen) atoms. The Bertz CT molecular complexity index is 1160. The lowest BCUT2D eigenvalue weighted by molar-refractivity contribution is 0.104. The Balaban J connectivity index is 1.66. The van der Waals surface area contributed by atoms with Crippen LogP contribution in [-0.2, 0) is 0 Å². The van der Waals surface area contributed by atoms with Gasteiger partial charge in [-0.2, -0.15) is 0 Å². The van der Waals surface area contributed by atoms with Crippen LogP contribution >= 0.6 is 15.9 Å². The van der Waals surface area contributed by atoms with Crippen LogP contribution in [0.3, 0.4) is 0 Å². The van der Waals surface area contributed by atoms with Crippen molar-refractivity contribution in [2.75, 3.05) is 0 Å². The van der Waals surface area contributed by atoms with E-state index in [0.717, 1.165) is 32.3 Å². The lowest BCUT2D eigenvalue weighted by atomic mass is 9.99. The van der Waals surface area contributed by atoms with E-state index < -0.39 is 0 Å². The maximum atomic E-state index is 12.7. The first kappa shape index (κ1) is 15.3. The zero-order valence-corrected chi connectivity index (χ0v) is 15.2. The highest BCUT2D eigenvalue weighted by Crippen LogP contribution is 2.43. The van der Waals surface area contributed by atoms with E-state index in [4.69, 9.17) is 4.42 Å². The molecule has 4 heteroatoms. The second kappa shape index (κ2) is 5.78. The van der Waals surface area contributed by atoms with E-state index in [1.165, 1.54) is 0 Å². The molecule has 0 aliphatic heterocycles. The summed E-state index contributed by atoms with van der Waals surface area (Å²) in [6, 6.07) is 21.2. The highest BCUT2D eigenvalue weighted by molar-refractivity contribution is 9.10. The number of fused-ring (bicyclic) bond motifs is 3. The number of rotatable bonds is 2. The quantitative estimate of drug-likeness (QED) is 0.365. The van der Waals surface area contributed by atoms with Gasteiger partial charge in [-0.15, -0.1) is 0 Å². The monoisotopic (exact) mass is 401 g/mol. The number of nitrogens with zero attached hydrogens (tertiary/aromatic N) is 1. The molecular weight excluding hydrogens is 390 g/mol. The summed E-state index contributed by atoms with van der Waals surface area (Å²) in [7, 11) is 0. The third kappa shape index (κ3) is 2.26. The van der Waals surface area contributed by atoms with Gasteiger partial charge in [-0.3, -0.25) is 4.79 Å². The Morgan fingerprint density at radius 1 is 0.769 bits per heavy atom. The van der Waals surface area contributed by atoms with Gasteiger partial charge in [0.1, 0.15) is 0 Å². The molecule has 0 atom stereocenters. The Hall–Kier alpha value is -2.98. The van der Waals surface area contributed by atoms with Crippen molar-refractivity contribution < 1.29 is 9.21 Å². The average Bonchev–Trinajstić information content (AvgIpc) is 3.27. The fourth-order valence-corrected chi connectivity index (χ4v) is 3.66. The van der Waals surface area contributed by atoms with E-state index >= 15 is 0 Å². The summed E-state index contributed by atoms with van der Waals surface area (Å²) in [5.41, 5.74) is 5.06. The van der Waals surface area contributed by atoms with Crippen molar-refractivity contribution in [1.29, 1.82) is 0 Å². The number of carbonyl (C=O) groups excluding carboxylic acids is 1. The van der Waals surface area contributed by atoms with Crippen molar-refractivity contribution in [3.63, 3.8) is 0 Å². The first-order valence-electron chi connectivity index (χ1n) is 8.21. The van der Waals surface area contributed by atoms with E-state index in [0.29, 0.717) is 17.2 Å². The van der Waals surface area contributed by atoms with Crippen LogP contribution in [0, 0.1) is 0 Å². The van der Waals surface area contributed by atoms with Crippen LogP contribution in [0.15, 0.2) is 81.8 Å². The smallest absolute Gasteiger partial charge is 0.227 e. The largest absolute Gasteiger partial charge is 0.436 e. The third-order valence-electron chi connectivity index (χ3n) is 4.61. The fraction of sp³-hybridized carbons (Fsp3) is 0. The summed E-state index contributed by atoms with van der Waals surface area (Å²) in [4.78, 5) is 17.1. The summed E-state index contributed by atoms with van der Waals surface area (Å²) < 4.78 is 7.04. The maximum Gasteiger partial charge on any atom is 0.227 e. The van der Waals surface area contributed by atoms with Gasteiger partial charge in [0.2, 0.25) is 5.89 Å². The molecule has 5 rings (SSSR count). The standard InChI is InChI=1S/C22H12BrNO2/c23-14-10-8-13(9-11-14)19-12-24-22(26-19)18-7-3-6-17-20(18)15-4-1-2-5-16(15)21(17)25/h1-12H. The van der Waals surface area contributed by atoms with Crippen LogP contribution in [0.5, 0.6) is 0 Å². The van der Waals surface area contributed by atoms with Crippen molar-refractivity contribution in [1.82, 2.24) is 4.98 Å². The predicted molar refractivity (Wildman–Crippen MR) is 104 cm³/mol. The summed E-state index contributed by atoms with van der Waals surface area (Å²) in [5, 5.41) is 0. The summed E-state index contributed by atoms with van der Waals surface area (Å²) in [6.07, 6.45) is 1.72. The molecule has 3 aromatic carbocycles. The van der Waals surface area contributed by atoms with E-state index in [9.17, 15) is 4.79 Å². The van der Waals surface area contributed by atoms with Crippen LogP contribution in [0.2, 0.25) is 0 Å². The molecule has 1 aliphatic rings. The van der Waals surface area contributed by atoms with Gasteiger partial charge in [0, 0.05) is 32.3 Å². The zero-order valence-electron chi connectivity index (χ0n) is 13.6. The Morgan fingerprint density at radius 2 is 1.46 bits per heavy atom. The van der Waals surface area contributed by atoms with E-state index in [1.54, 1.807) is 6.20 Å². The normalized spacial score (nSPS) is 12.1. The van der Waals surface area contributed by atoms with Gasteiger partial charge in [-0.1, -0.05) is 64.5 Å². The summed E-state index contributed by atoms with van der Waals surface area (Å²) in [5.74, 6) is 1.27. The molecule has 0 saturated heterocycles. The number of oxazole rings is 1. The topological polar surface area (TPSA) is 43.1 Å². The molecule has 1 aliphatic carbocycles. The van der Waals surface area contributed by atoms with Gasteiger partial charge in [0.25, 0.3) is 0 Å². The molecule has 4 aromatic rings. The summed E-state index contributed by atoms with van der Waals surface area (Å²) >= 11 is 3.44. The molecule has 0 unspecified atom stereocenters. The van der Waals surface area contributed by atoms with E-state index in [1.807, 2.05) is 66.7 Å². The van der Waals surface area contributed by atoms with Crippen molar-refractivity contribution in [2.24, 2.45) is 0 Å². The zero-order chi connectivity index (χ0) is 17.7. The van der Waals surface area contributed by atoms with Gasteiger partial charge >= 0.3 is 0 Å². The lowest BCUT2D eigenvalue weighted by Gasteiger charge is -2.05. The second-order valence-corrected chi connectivity index (χ2v) is 7.06. The van der Waals surface area contributed by atoms with Crippen LogP contribution in [-0.4, -0.2) is 10.8 Å². The molecule has 3 nitrogen and oxygen atoms in total. The van der Waals surface area contributed by atoms with Crippen molar-refractivity contribution in [3.8, 4) is 33.9 Å². The minimum absolute atomic E-state index is 0.0529. The third-order valence-corrected chi connectivity index (χ3v) is 5.14. The van der Waals surface area contributed by atoms with Gasteiger partial charge in [-0.25, -0.2) is 4.98 Å². The Labute approximate surface area is 158 Å². The SMILES string of the molecule is O=C1c2ccccc2-c2c1cccc2-c1ncc(-c2ccc(Br)cc2)o1. The molecule has 124 valence electrons. The van der Waals surface area contributed by atoms with Crippen molar-refractivity contribution in [3.05, 3.63) is 88.5 Å². The number of carbonyl (C=O) groups is 1. The summed E-state index contributed by atoms with van der Waals surface area (Å²) in [6.45, 7) is 0.